The molecule has 2 aromatic carbocycles. The molecule has 0 radical (unpaired) electrons. The molecule has 1 aliphatic heterocycles. The minimum Gasteiger partial charge on any atom is -0.369 e. The van der Waals surface area contributed by atoms with Gasteiger partial charge in [0, 0.05) is 36.3 Å². The molecule has 1 heterocycles. The maximum atomic E-state index is 12.3. The van der Waals surface area contributed by atoms with Crippen LogP contribution in [-0.4, -0.2) is 43.5 Å². The Kier molecular flexibility index (Phi) is 5.76. The zero-order valence-electron chi connectivity index (χ0n) is 14.8. The first-order valence-corrected chi connectivity index (χ1v) is 9.41. The maximum absolute atomic E-state index is 12.3. The van der Waals surface area contributed by atoms with E-state index in [1.165, 1.54) is 11.3 Å². The molecule has 0 saturated carbocycles. The normalized spacial score (nSPS) is 15.2. The largest absolute Gasteiger partial charge is 0.369 e. The lowest BCUT2D eigenvalue weighted by Crippen LogP contribution is -2.48. The molecule has 1 aliphatic rings. The molecule has 1 amide bonds. The van der Waals surface area contributed by atoms with E-state index in [0.29, 0.717) is 6.54 Å². The molecular weight excluding hydrogens is 378 g/mol. The molecule has 1 saturated heterocycles. The lowest BCUT2D eigenvalue weighted by molar-refractivity contribution is -0.117. The van der Waals surface area contributed by atoms with Gasteiger partial charge in [-0.3, -0.25) is 9.69 Å². The van der Waals surface area contributed by atoms with Crippen molar-refractivity contribution < 1.29 is 4.79 Å². The third kappa shape index (κ3) is 4.61. The molecule has 4 nitrogen and oxygen atoms in total. The van der Waals surface area contributed by atoms with Crippen LogP contribution in [0.2, 0.25) is 0 Å². The number of piperazine rings is 1. The van der Waals surface area contributed by atoms with Crippen molar-refractivity contribution in [3.8, 4) is 0 Å². The average Bonchev–Trinajstić information content (AvgIpc) is 2.59. The molecule has 3 rings (SSSR count). The highest BCUT2D eigenvalue weighted by atomic mass is 79.9. The summed E-state index contributed by atoms with van der Waals surface area (Å²) in [5, 5.41) is 3.00. The number of nitrogens with zero attached hydrogens (tertiary/aromatic N) is 2. The van der Waals surface area contributed by atoms with Gasteiger partial charge in [-0.15, -0.1) is 0 Å². The van der Waals surface area contributed by atoms with Gasteiger partial charge in [0.2, 0.25) is 5.91 Å². The number of hydrogen-bond acceptors (Lipinski definition) is 3. The second-order valence-corrected chi connectivity index (χ2v) is 7.44. The highest BCUT2D eigenvalue weighted by Gasteiger charge is 2.20. The van der Waals surface area contributed by atoms with Crippen LogP contribution in [0.3, 0.4) is 0 Å². The van der Waals surface area contributed by atoms with E-state index in [4.69, 9.17) is 0 Å². The summed E-state index contributed by atoms with van der Waals surface area (Å²) in [6, 6.07) is 14.4. The first-order valence-electron chi connectivity index (χ1n) is 8.62. The van der Waals surface area contributed by atoms with Crippen LogP contribution in [0.1, 0.15) is 11.1 Å². The van der Waals surface area contributed by atoms with Crippen molar-refractivity contribution in [1.82, 2.24) is 4.90 Å². The number of amides is 1. The van der Waals surface area contributed by atoms with Gasteiger partial charge in [0.15, 0.2) is 0 Å². The van der Waals surface area contributed by atoms with Crippen molar-refractivity contribution in [3.05, 3.63) is 58.1 Å². The van der Waals surface area contributed by atoms with Crippen LogP contribution >= 0.6 is 15.9 Å². The molecule has 0 spiro atoms. The number of nitrogens with one attached hydrogen (secondary N) is 1. The smallest absolute Gasteiger partial charge is 0.238 e. The van der Waals surface area contributed by atoms with Crippen molar-refractivity contribution in [1.29, 1.82) is 0 Å². The Balaban J connectivity index is 1.52. The fraction of sp³-hybridized carbons (Fsp3) is 0.350. The molecule has 5 heteroatoms. The lowest BCUT2D eigenvalue weighted by atomic mass is 10.1. The van der Waals surface area contributed by atoms with E-state index in [2.05, 4.69) is 62.2 Å². The van der Waals surface area contributed by atoms with Gasteiger partial charge < -0.3 is 10.2 Å². The number of carbonyl (C=O) groups excluding carboxylic acids is 1. The minimum absolute atomic E-state index is 0.0360. The Morgan fingerprint density at radius 2 is 1.80 bits per heavy atom. The second-order valence-electron chi connectivity index (χ2n) is 6.58. The van der Waals surface area contributed by atoms with Crippen molar-refractivity contribution in [2.24, 2.45) is 0 Å². The summed E-state index contributed by atoms with van der Waals surface area (Å²) in [5.41, 5.74) is 4.60. The van der Waals surface area contributed by atoms with Crippen LogP contribution in [0.5, 0.6) is 0 Å². The molecule has 0 aromatic heterocycles. The Morgan fingerprint density at radius 1 is 1.08 bits per heavy atom. The Hall–Kier alpha value is -1.85. The van der Waals surface area contributed by atoms with Gasteiger partial charge >= 0.3 is 0 Å². The lowest BCUT2D eigenvalue weighted by Gasteiger charge is -2.36. The van der Waals surface area contributed by atoms with E-state index in [0.717, 1.165) is 41.9 Å². The van der Waals surface area contributed by atoms with Gasteiger partial charge in [-0.05, 0) is 59.1 Å². The summed E-state index contributed by atoms with van der Waals surface area (Å²) in [7, 11) is 0. The molecule has 0 bridgehead atoms. The van der Waals surface area contributed by atoms with E-state index >= 15 is 0 Å². The summed E-state index contributed by atoms with van der Waals surface area (Å²) in [6.45, 7) is 8.31. The van der Waals surface area contributed by atoms with Crippen LogP contribution in [0.15, 0.2) is 46.9 Å². The zero-order chi connectivity index (χ0) is 17.8. The number of anilines is 2. The van der Waals surface area contributed by atoms with Gasteiger partial charge in [-0.2, -0.15) is 0 Å². The molecule has 0 unspecified atom stereocenters. The van der Waals surface area contributed by atoms with Crippen molar-refractivity contribution in [2.45, 2.75) is 13.8 Å². The molecule has 132 valence electrons. The Labute approximate surface area is 158 Å². The quantitative estimate of drug-likeness (QED) is 0.845. The fourth-order valence-electron chi connectivity index (χ4n) is 3.18. The van der Waals surface area contributed by atoms with Crippen molar-refractivity contribution >= 4 is 33.2 Å². The number of benzene rings is 2. The van der Waals surface area contributed by atoms with E-state index in [1.54, 1.807) is 0 Å². The first kappa shape index (κ1) is 18.0. The van der Waals surface area contributed by atoms with Crippen LogP contribution < -0.4 is 10.2 Å². The van der Waals surface area contributed by atoms with E-state index in [-0.39, 0.29) is 5.91 Å². The summed E-state index contributed by atoms with van der Waals surface area (Å²) in [4.78, 5) is 17.0. The number of rotatable bonds is 4. The summed E-state index contributed by atoms with van der Waals surface area (Å²) < 4.78 is 0.922. The van der Waals surface area contributed by atoms with Crippen molar-refractivity contribution in [3.63, 3.8) is 0 Å². The molecule has 1 N–H and O–H groups in total. The summed E-state index contributed by atoms with van der Waals surface area (Å²) in [5.74, 6) is 0.0360. The highest BCUT2D eigenvalue weighted by molar-refractivity contribution is 9.10. The van der Waals surface area contributed by atoms with Gasteiger partial charge in [-0.25, -0.2) is 0 Å². The second kappa shape index (κ2) is 8.02. The monoisotopic (exact) mass is 401 g/mol. The van der Waals surface area contributed by atoms with Gasteiger partial charge in [-0.1, -0.05) is 24.3 Å². The van der Waals surface area contributed by atoms with Gasteiger partial charge in [0.05, 0.1) is 12.2 Å². The predicted octanol–water partition coefficient (Wildman–Crippen LogP) is 3.83. The number of para-hydroxylation sites is 1. The molecule has 25 heavy (non-hydrogen) atoms. The van der Waals surface area contributed by atoms with Crippen LogP contribution in [0.4, 0.5) is 11.4 Å². The highest BCUT2D eigenvalue weighted by Crippen LogP contribution is 2.24. The minimum atomic E-state index is 0.0360. The van der Waals surface area contributed by atoms with E-state index in [9.17, 15) is 4.79 Å². The van der Waals surface area contributed by atoms with Crippen LogP contribution in [-0.2, 0) is 4.79 Å². The number of carbonyl (C=O) groups is 1. The topological polar surface area (TPSA) is 35.6 Å². The third-order valence-corrected chi connectivity index (χ3v) is 5.25. The molecule has 0 atom stereocenters. The predicted molar refractivity (Wildman–Crippen MR) is 107 cm³/mol. The van der Waals surface area contributed by atoms with E-state index in [1.807, 2.05) is 25.1 Å². The van der Waals surface area contributed by atoms with Crippen LogP contribution in [0.25, 0.3) is 0 Å². The first-order chi connectivity index (χ1) is 12.0. The Bertz CT molecular complexity index is 754. The molecule has 2 aromatic rings. The standard InChI is InChI=1S/C20H24BrN3O/c1-15-7-8-18(17(21)13-15)22-20(25)14-23-9-11-24(12-10-23)19-6-4-3-5-16(19)2/h3-8,13H,9-12,14H2,1-2H3,(H,22,25). The number of halogens is 1. The molecule has 0 aliphatic carbocycles. The summed E-state index contributed by atoms with van der Waals surface area (Å²) >= 11 is 3.51. The molecular formula is C20H24BrN3O. The summed E-state index contributed by atoms with van der Waals surface area (Å²) in [6.07, 6.45) is 0. The third-order valence-electron chi connectivity index (χ3n) is 4.59. The zero-order valence-corrected chi connectivity index (χ0v) is 16.3. The van der Waals surface area contributed by atoms with E-state index < -0.39 is 0 Å². The SMILES string of the molecule is Cc1ccc(NC(=O)CN2CCN(c3ccccc3C)CC2)c(Br)c1. The fourth-order valence-corrected chi connectivity index (χ4v) is 3.77. The van der Waals surface area contributed by atoms with Gasteiger partial charge in [0.1, 0.15) is 0 Å². The maximum Gasteiger partial charge on any atom is 0.238 e. The van der Waals surface area contributed by atoms with Crippen molar-refractivity contribution in [2.75, 3.05) is 42.9 Å². The van der Waals surface area contributed by atoms with Gasteiger partial charge in [0.25, 0.3) is 0 Å². The molecule has 1 fully saturated rings. The van der Waals surface area contributed by atoms with Crippen LogP contribution in [0, 0.1) is 13.8 Å². The average molecular weight is 402 g/mol. The number of hydrogen-bond donors (Lipinski definition) is 1. The Morgan fingerprint density at radius 3 is 2.48 bits per heavy atom. The number of aryl methyl sites for hydroxylation is 2.